The molecule has 0 heterocycles. The van der Waals surface area contributed by atoms with E-state index < -0.39 is 0 Å². The van der Waals surface area contributed by atoms with Gasteiger partial charge < -0.3 is 9.94 Å². The highest BCUT2D eigenvalue weighted by Crippen LogP contribution is 2.18. The van der Waals surface area contributed by atoms with Gasteiger partial charge in [-0.1, -0.05) is 80.4 Å². The molecule has 0 aliphatic rings. The van der Waals surface area contributed by atoms with Crippen LogP contribution in [0.2, 0.25) is 0 Å². The van der Waals surface area contributed by atoms with E-state index in [-0.39, 0.29) is 6.04 Å². The van der Waals surface area contributed by atoms with E-state index in [0.29, 0.717) is 13.2 Å². The van der Waals surface area contributed by atoms with Gasteiger partial charge in [0, 0.05) is 12.0 Å². The van der Waals surface area contributed by atoms with Gasteiger partial charge in [-0.2, -0.15) is 0 Å². The molecular weight excluding hydrogens is 298 g/mol. The Kier molecular flexibility index (Phi) is 8.05. The van der Waals surface area contributed by atoms with Crippen LogP contribution in [0.3, 0.4) is 0 Å². The summed E-state index contributed by atoms with van der Waals surface area (Å²) in [5.74, 6) is 0. The summed E-state index contributed by atoms with van der Waals surface area (Å²) in [5.41, 5.74) is 2.11. The molecule has 0 radical (unpaired) electrons. The third-order valence-electron chi connectivity index (χ3n) is 4.00. The molecule has 0 aliphatic carbocycles. The monoisotopic (exact) mass is 325 g/mol. The van der Waals surface area contributed by atoms with E-state index in [1.54, 1.807) is 6.21 Å². The fraction of sp³-hybridized carbons (Fsp3) is 0.381. The van der Waals surface area contributed by atoms with Gasteiger partial charge in [0.25, 0.3) is 0 Å². The Balaban J connectivity index is 1.97. The summed E-state index contributed by atoms with van der Waals surface area (Å²) in [4.78, 5) is 0. The normalized spacial score (nSPS) is 13.0. The van der Waals surface area contributed by atoms with Crippen LogP contribution in [0.25, 0.3) is 0 Å². The molecule has 1 atom stereocenters. The van der Waals surface area contributed by atoms with Gasteiger partial charge in [-0.15, -0.1) is 0 Å². The maximum absolute atomic E-state index is 12.5. The molecule has 0 aliphatic heterocycles. The lowest BCUT2D eigenvalue weighted by molar-refractivity contribution is -0.509. The third-order valence-corrected chi connectivity index (χ3v) is 4.00. The lowest BCUT2D eigenvalue weighted by atomic mass is 10.1. The summed E-state index contributed by atoms with van der Waals surface area (Å²) in [6.07, 6.45) is 5.96. The number of ether oxygens (including phenoxy) is 1. The van der Waals surface area contributed by atoms with Gasteiger partial charge in [0.15, 0.2) is 6.21 Å². The molecule has 0 amide bonds. The number of hydroxylamine groups is 1. The minimum Gasteiger partial charge on any atom is -0.624 e. The van der Waals surface area contributed by atoms with E-state index in [1.165, 1.54) is 0 Å². The molecule has 128 valence electrons. The van der Waals surface area contributed by atoms with Crippen molar-refractivity contribution in [1.82, 2.24) is 0 Å². The number of benzene rings is 2. The van der Waals surface area contributed by atoms with Crippen LogP contribution in [0.5, 0.6) is 0 Å². The minimum atomic E-state index is -0.295. The van der Waals surface area contributed by atoms with Crippen molar-refractivity contribution in [3.63, 3.8) is 0 Å². The Morgan fingerprint density at radius 1 is 1.00 bits per heavy atom. The maximum atomic E-state index is 12.5. The van der Waals surface area contributed by atoms with Gasteiger partial charge in [0.2, 0.25) is 6.04 Å². The second kappa shape index (κ2) is 10.6. The Bertz CT molecular complexity index is 596. The second-order valence-corrected chi connectivity index (χ2v) is 5.97. The van der Waals surface area contributed by atoms with Crippen molar-refractivity contribution < 1.29 is 9.48 Å². The van der Waals surface area contributed by atoms with E-state index >= 15 is 0 Å². The summed E-state index contributed by atoms with van der Waals surface area (Å²) in [7, 11) is 0. The molecule has 0 saturated heterocycles. The van der Waals surface area contributed by atoms with Crippen molar-refractivity contribution in [2.45, 2.75) is 45.3 Å². The Labute approximate surface area is 145 Å². The van der Waals surface area contributed by atoms with Crippen LogP contribution in [-0.2, 0) is 11.3 Å². The minimum absolute atomic E-state index is 0.295. The number of unbranched alkanes of at least 4 members (excludes halogenated alkanes) is 3. The van der Waals surface area contributed by atoms with Crippen LogP contribution in [0.1, 0.15) is 49.8 Å². The van der Waals surface area contributed by atoms with Crippen LogP contribution in [0.15, 0.2) is 60.7 Å². The summed E-state index contributed by atoms with van der Waals surface area (Å²) in [6.45, 7) is 3.07. The average Bonchev–Trinajstić information content (AvgIpc) is 2.64. The molecule has 0 bridgehead atoms. The van der Waals surface area contributed by atoms with Crippen molar-refractivity contribution in [3.05, 3.63) is 77.0 Å². The van der Waals surface area contributed by atoms with E-state index in [1.807, 2.05) is 60.7 Å². The molecule has 3 heteroatoms. The molecular formula is C21H27NO2. The van der Waals surface area contributed by atoms with Gasteiger partial charge in [0.05, 0.1) is 6.61 Å². The topological polar surface area (TPSA) is 35.3 Å². The Morgan fingerprint density at radius 2 is 1.67 bits per heavy atom. The van der Waals surface area contributed by atoms with Gasteiger partial charge in [-0.05, 0) is 12.0 Å². The lowest BCUT2D eigenvalue weighted by Gasteiger charge is -2.18. The number of hydrogen-bond donors (Lipinski definition) is 0. The first kappa shape index (κ1) is 18.2. The van der Waals surface area contributed by atoms with Crippen LogP contribution in [0, 0.1) is 5.21 Å². The maximum Gasteiger partial charge on any atom is 0.211 e. The van der Waals surface area contributed by atoms with Crippen molar-refractivity contribution in [2.75, 3.05) is 6.61 Å². The largest absolute Gasteiger partial charge is 0.624 e. The fourth-order valence-corrected chi connectivity index (χ4v) is 2.59. The Morgan fingerprint density at radius 3 is 2.33 bits per heavy atom. The SMILES string of the molecule is CCCCC/C=[N+](\[O-])C(COCc1ccccc1)c1ccccc1. The highest BCUT2D eigenvalue weighted by Gasteiger charge is 2.18. The predicted molar refractivity (Wildman–Crippen MR) is 99.1 cm³/mol. The summed E-state index contributed by atoms with van der Waals surface area (Å²) in [6, 6.07) is 19.6. The number of rotatable bonds is 10. The highest BCUT2D eigenvalue weighted by molar-refractivity contribution is 5.51. The van der Waals surface area contributed by atoms with Crippen molar-refractivity contribution >= 4 is 6.21 Å². The van der Waals surface area contributed by atoms with Crippen molar-refractivity contribution in [1.29, 1.82) is 0 Å². The fourth-order valence-electron chi connectivity index (χ4n) is 2.59. The molecule has 1 unspecified atom stereocenters. The van der Waals surface area contributed by atoms with Crippen LogP contribution < -0.4 is 0 Å². The zero-order chi connectivity index (χ0) is 17.0. The molecule has 0 aromatic heterocycles. The summed E-state index contributed by atoms with van der Waals surface area (Å²) >= 11 is 0. The second-order valence-electron chi connectivity index (χ2n) is 5.97. The van der Waals surface area contributed by atoms with E-state index in [4.69, 9.17) is 4.74 Å². The molecule has 2 aromatic carbocycles. The molecule has 2 rings (SSSR count). The standard InChI is InChI=1S/C21H27NO2/c1-2-3-4-11-16-22(23)21(20-14-9-6-10-15-20)18-24-17-19-12-7-5-8-13-19/h5-10,12-16,21H,2-4,11,17-18H2,1H3/b22-16-. The first-order valence-electron chi connectivity index (χ1n) is 8.76. The number of hydrogen-bond acceptors (Lipinski definition) is 2. The van der Waals surface area contributed by atoms with Crippen molar-refractivity contribution in [2.24, 2.45) is 0 Å². The number of nitrogens with zero attached hydrogens (tertiary/aromatic N) is 1. The van der Waals surface area contributed by atoms with Crippen LogP contribution in [0.4, 0.5) is 0 Å². The Hall–Kier alpha value is -2.13. The zero-order valence-corrected chi connectivity index (χ0v) is 14.4. The molecule has 0 fully saturated rings. The first-order valence-corrected chi connectivity index (χ1v) is 8.76. The lowest BCUT2D eigenvalue weighted by Crippen LogP contribution is -2.20. The quantitative estimate of drug-likeness (QED) is 0.200. The molecule has 2 aromatic rings. The van der Waals surface area contributed by atoms with E-state index in [0.717, 1.165) is 41.5 Å². The smallest absolute Gasteiger partial charge is 0.211 e. The average molecular weight is 325 g/mol. The molecule has 24 heavy (non-hydrogen) atoms. The summed E-state index contributed by atoms with van der Waals surface area (Å²) < 4.78 is 6.89. The zero-order valence-electron chi connectivity index (χ0n) is 14.4. The predicted octanol–water partition coefficient (Wildman–Crippen LogP) is 5.11. The van der Waals surface area contributed by atoms with Gasteiger partial charge in [0.1, 0.15) is 6.61 Å². The van der Waals surface area contributed by atoms with Crippen molar-refractivity contribution in [3.8, 4) is 0 Å². The molecule has 0 saturated carbocycles. The molecule has 3 nitrogen and oxygen atoms in total. The van der Waals surface area contributed by atoms with E-state index in [9.17, 15) is 5.21 Å². The van der Waals surface area contributed by atoms with Gasteiger partial charge >= 0.3 is 0 Å². The van der Waals surface area contributed by atoms with Gasteiger partial charge in [-0.3, -0.25) is 0 Å². The van der Waals surface area contributed by atoms with Crippen LogP contribution in [-0.4, -0.2) is 17.6 Å². The first-order chi connectivity index (χ1) is 11.8. The highest BCUT2D eigenvalue weighted by atomic mass is 16.5. The van der Waals surface area contributed by atoms with Gasteiger partial charge in [-0.25, -0.2) is 4.74 Å². The van der Waals surface area contributed by atoms with Crippen LogP contribution >= 0.6 is 0 Å². The molecule has 0 N–H and O–H groups in total. The summed E-state index contributed by atoms with van der Waals surface area (Å²) in [5, 5.41) is 12.5. The molecule has 0 spiro atoms. The third kappa shape index (κ3) is 6.17. The van der Waals surface area contributed by atoms with E-state index in [2.05, 4.69) is 6.92 Å².